The predicted octanol–water partition coefficient (Wildman–Crippen LogP) is 3.89. The van der Waals surface area contributed by atoms with Crippen LogP contribution in [0.3, 0.4) is 0 Å². The zero-order valence-corrected chi connectivity index (χ0v) is 10.8. The smallest absolute Gasteiger partial charge is 0.0930 e. The second-order valence-corrected chi connectivity index (χ2v) is 6.79. The minimum Gasteiger partial charge on any atom is -0.250 e. The first-order chi connectivity index (χ1) is 5.99. The van der Waals surface area contributed by atoms with Gasteiger partial charge < -0.3 is 0 Å². The van der Waals surface area contributed by atoms with Gasteiger partial charge in [0.05, 0.1) is 5.01 Å². The van der Waals surface area contributed by atoms with Crippen LogP contribution in [0.2, 0.25) is 0 Å². The van der Waals surface area contributed by atoms with E-state index in [4.69, 9.17) is 0 Å². The summed E-state index contributed by atoms with van der Waals surface area (Å²) in [6.45, 7) is 6.79. The summed E-state index contributed by atoms with van der Waals surface area (Å²) in [5.41, 5.74) is 0.348. The van der Waals surface area contributed by atoms with Crippen LogP contribution in [0.25, 0.3) is 0 Å². The van der Waals surface area contributed by atoms with Gasteiger partial charge in [0.25, 0.3) is 0 Å². The standard InChI is InChI=1S/C10H16BrNS/c1-8(11)6-10(2,3)7-9-12-4-5-13-9/h4-5,8H,6-7H2,1-3H3. The zero-order valence-electron chi connectivity index (χ0n) is 8.38. The molecular formula is C10H16BrNS. The van der Waals surface area contributed by atoms with Gasteiger partial charge >= 0.3 is 0 Å². The van der Waals surface area contributed by atoms with Gasteiger partial charge in [0.1, 0.15) is 0 Å². The molecule has 0 aliphatic heterocycles. The fourth-order valence-electron chi connectivity index (χ4n) is 1.58. The van der Waals surface area contributed by atoms with Crippen LogP contribution in [0.1, 0.15) is 32.2 Å². The van der Waals surface area contributed by atoms with E-state index in [0.717, 1.165) is 6.42 Å². The van der Waals surface area contributed by atoms with Crippen LogP contribution in [-0.2, 0) is 6.42 Å². The van der Waals surface area contributed by atoms with Crippen molar-refractivity contribution in [2.45, 2.75) is 38.4 Å². The molecule has 1 aromatic heterocycles. The van der Waals surface area contributed by atoms with Gasteiger partial charge in [0.15, 0.2) is 0 Å². The van der Waals surface area contributed by atoms with Gasteiger partial charge in [0.2, 0.25) is 0 Å². The summed E-state index contributed by atoms with van der Waals surface area (Å²) in [6.07, 6.45) is 4.15. The van der Waals surface area contributed by atoms with Crippen molar-refractivity contribution in [1.82, 2.24) is 4.98 Å². The topological polar surface area (TPSA) is 12.9 Å². The number of hydrogen-bond acceptors (Lipinski definition) is 2. The summed E-state index contributed by atoms with van der Waals surface area (Å²) in [5.74, 6) is 0. The summed E-state index contributed by atoms with van der Waals surface area (Å²) < 4.78 is 0. The van der Waals surface area contributed by atoms with Crippen LogP contribution < -0.4 is 0 Å². The van der Waals surface area contributed by atoms with E-state index in [1.165, 1.54) is 11.4 Å². The molecule has 0 saturated carbocycles. The van der Waals surface area contributed by atoms with Crippen LogP contribution in [0.4, 0.5) is 0 Å². The van der Waals surface area contributed by atoms with E-state index < -0.39 is 0 Å². The van der Waals surface area contributed by atoms with E-state index in [2.05, 4.69) is 41.7 Å². The molecule has 0 spiro atoms. The quantitative estimate of drug-likeness (QED) is 0.750. The highest BCUT2D eigenvalue weighted by Gasteiger charge is 2.21. The lowest BCUT2D eigenvalue weighted by Crippen LogP contribution is -2.18. The van der Waals surface area contributed by atoms with E-state index in [1.807, 2.05) is 11.6 Å². The number of aromatic nitrogens is 1. The first kappa shape index (κ1) is 11.2. The van der Waals surface area contributed by atoms with Crippen molar-refractivity contribution in [1.29, 1.82) is 0 Å². The Morgan fingerprint density at radius 2 is 2.31 bits per heavy atom. The molecule has 3 heteroatoms. The van der Waals surface area contributed by atoms with Crippen molar-refractivity contribution in [3.05, 3.63) is 16.6 Å². The molecule has 1 atom stereocenters. The Balaban J connectivity index is 2.51. The minimum atomic E-state index is 0.348. The number of nitrogens with zero attached hydrogens (tertiary/aromatic N) is 1. The van der Waals surface area contributed by atoms with E-state index in [-0.39, 0.29) is 0 Å². The molecule has 1 rings (SSSR count). The average molecular weight is 262 g/mol. The molecule has 13 heavy (non-hydrogen) atoms. The fourth-order valence-corrected chi connectivity index (χ4v) is 3.33. The molecule has 0 bridgehead atoms. The molecule has 0 saturated heterocycles. The number of rotatable bonds is 4. The zero-order chi connectivity index (χ0) is 9.90. The predicted molar refractivity (Wildman–Crippen MR) is 62.6 cm³/mol. The number of halogens is 1. The summed E-state index contributed by atoms with van der Waals surface area (Å²) in [6, 6.07) is 0. The van der Waals surface area contributed by atoms with Crippen molar-refractivity contribution in [2.75, 3.05) is 0 Å². The molecule has 1 unspecified atom stereocenters. The number of thiazole rings is 1. The van der Waals surface area contributed by atoms with E-state index >= 15 is 0 Å². The fraction of sp³-hybridized carbons (Fsp3) is 0.700. The maximum absolute atomic E-state index is 4.31. The largest absolute Gasteiger partial charge is 0.250 e. The van der Waals surface area contributed by atoms with Crippen molar-refractivity contribution in [2.24, 2.45) is 5.41 Å². The van der Waals surface area contributed by atoms with Gasteiger partial charge in [-0.3, -0.25) is 0 Å². The molecule has 0 N–H and O–H groups in total. The second-order valence-electron chi connectivity index (χ2n) is 4.25. The first-order valence-electron chi connectivity index (χ1n) is 4.52. The van der Waals surface area contributed by atoms with Gasteiger partial charge in [-0.2, -0.15) is 0 Å². The van der Waals surface area contributed by atoms with Crippen molar-refractivity contribution < 1.29 is 0 Å². The Labute approximate surface area is 92.7 Å². The Morgan fingerprint density at radius 1 is 1.62 bits per heavy atom. The average Bonchev–Trinajstić information content (AvgIpc) is 2.34. The highest BCUT2D eigenvalue weighted by Crippen LogP contribution is 2.30. The molecule has 1 heterocycles. The Bertz CT molecular complexity index is 241. The SMILES string of the molecule is CC(Br)CC(C)(C)Cc1nccs1. The van der Waals surface area contributed by atoms with Crippen LogP contribution in [-0.4, -0.2) is 9.81 Å². The van der Waals surface area contributed by atoms with Crippen LogP contribution in [0.5, 0.6) is 0 Å². The van der Waals surface area contributed by atoms with E-state index in [9.17, 15) is 0 Å². The summed E-state index contributed by atoms with van der Waals surface area (Å²) in [5, 5.41) is 3.29. The maximum Gasteiger partial charge on any atom is 0.0930 e. The molecule has 0 fully saturated rings. The molecular weight excluding hydrogens is 246 g/mol. The van der Waals surface area contributed by atoms with Gasteiger partial charge in [-0.05, 0) is 11.8 Å². The maximum atomic E-state index is 4.31. The number of alkyl halides is 1. The summed E-state index contributed by atoms with van der Waals surface area (Å²) in [7, 11) is 0. The highest BCUT2D eigenvalue weighted by molar-refractivity contribution is 9.09. The summed E-state index contributed by atoms with van der Waals surface area (Å²) >= 11 is 5.35. The third-order valence-corrected chi connectivity index (χ3v) is 3.05. The lowest BCUT2D eigenvalue weighted by Gasteiger charge is -2.24. The molecule has 0 aromatic carbocycles. The van der Waals surface area contributed by atoms with Crippen LogP contribution in [0.15, 0.2) is 11.6 Å². The van der Waals surface area contributed by atoms with E-state index in [1.54, 1.807) is 11.3 Å². The Morgan fingerprint density at radius 3 is 2.77 bits per heavy atom. The molecule has 1 nitrogen and oxygen atoms in total. The lowest BCUT2D eigenvalue weighted by atomic mass is 9.85. The van der Waals surface area contributed by atoms with Crippen molar-refractivity contribution in [3.8, 4) is 0 Å². The Kier molecular flexibility index (Phi) is 3.92. The minimum absolute atomic E-state index is 0.348. The Hall–Kier alpha value is 0.110. The van der Waals surface area contributed by atoms with Crippen LogP contribution in [0, 0.1) is 5.41 Å². The third-order valence-electron chi connectivity index (χ3n) is 1.95. The molecule has 0 aliphatic carbocycles. The summed E-state index contributed by atoms with van der Waals surface area (Å²) in [4.78, 5) is 4.90. The van der Waals surface area contributed by atoms with Gasteiger partial charge in [-0.25, -0.2) is 4.98 Å². The van der Waals surface area contributed by atoms with Gasteiger partial charge in [-0.1, -0.05) is 36.7 Å². The number of hydrogen-bond donors (Lipinski definition) is 0. The monoisotopic (exact) mass is 261 g/mol. The molecule has 0 radical (unpaired) electrons. The van der Waals surface area contributed by atoms with Crippen LogP contribution >= 0.6 is 27.3 Å². The lowest BCUT2D eigenvalue weighted by molar-refractivity contribution is 0.334. The highest BCUT2D eigenvalue weighted by atomic mass is 79.9. The van der Waals surface area contributed by atoms with Gasteiger partial charge in [-0.15, -0.1) is 11.3 Å². The first-order valence-corrected chi connectivity index (χ1v) is 6.31. The van der Waals surface area contributed by atoms with Crippen molar-refractivity contribution in [3.63, 3.8) is 0 Å². The third kappa shape index (κ3) is 4.23. The van der Waals surface area contributed by atoms with Gasteiger partial charge in [0, 0.05) is 22.8 Å². The normalized spacial score (nSPS) is 14.5. The second kappa shape index (κ2) is 4.56. The molecule has 1 aromatic rings. The van der Waals surface area contributed by atoms with Crippen molar-refractivity contribution >= 4 is 27.3 Å². The molecule has 0 amide bonds. The molecule has 0 aliphatic rings. The molecule has 74 valence electrons. The van der Waals surface area contributed by atoms with E-state index in [0.29, 0.717) is 10.2 Å².